The van der Waals surface area contributed by atoms with Gasteiger partial charge in [0, 0.05) is 36.1 Å². The normalized spacial score (nSPS) is 23.4. The zero-order valence-electron chi connectivity index (χ0n) is 21.8. The van der Waals surface area contributed by atoms with Gasteiger partial charge in [-0.25, -0.2) is 0 Å². The summed E-state index contributed by atoms with van der Waals surface area (Å²) in [7, 11) is 0. The fourth-order valence-corrected chi connectivity index (χ4v) is 5.39. The SMILES string of the molecule is Cc1ccc(NC(=O)[C@@H]2C(=O)C[C@](C)(O)[C@@H](C(=O)Nc3ccc(C)cc3C)[C@H]2c2cccnc2)c(C)c1. The molecule has 0 bridgehead atoms. The summed E-state index contributed by atoms with van der Waals surface area (Å²) in [5.41, 5.74) is 3.94. The molecule has 0 radical (unpaired) electrons. The molecule has 2 amide bonds. The first-order valence-corrected chi connectivity index (χ1v) is 12.4. The van der Waals surface area contributed by atoms with Crippen LogP contribution >= 0.6 is 0 Å². The number of rotatable bonds is 5. The molecular formula is C30H33N3O4. The lowest BCUT2D eigenvalue weighted by Gasteiger charge is -2.44. The summed E-state index contributed by atoms with van der Waals surface area (Å²) in [5, 5.41) is 17.3. The van der Waals surface area contributed by atoms with E-state index in [1.807, 2.05) is 58.0 Å². The first-order chi connectivity index (χ1) is 17.5. The Kier molecular flexibility index (Phi) is 7.28. The molecular weight excluding hydrogens is 466 g/mol. The minimum Gasteiger partial charge on any atom is -0.389 e. The number of nitrogens with one attached hydrogen (secondary N) is 2. The minimum absolute atomic E-state index is 0.320. The molecule has 37 heavy (non-hydrogen) atoms. The molecule has 4 atom stereocenters. The standard InChI is InChI=1S/C30H33N3O4/c1-17-8-10-22(19(3)13-17)32-28(35)26-24(34)15-30(5,37)27(25(26)21-7-6-12-31-16-21)29(36)33-23-11-9-18(2)14-20(23)4/h6-14,16,25-27,37H,15H2,1-5H3,(H,32,35)(H,33,36)/t25-,26+,27+,30-/m0/s1. The van der Waals surface area contributed by atoms with Gasteiger partial charge in [-0.1, -0.05) is 41.5 Å². The van der Waals surface area contributed by atoms with Crippen LogP contribution in [0.25, 0.3) is 0 Å². The van der Waals surface area contributed by atoms with Crippen LogP contribution in [0.5, 0.6) is 0 Å². The summed E-state index contributed by atoms with van der Waals surface area (Å²) >= 11 is 0. The third kappa shape index (κ3) is 5.47. The van der Waals surface area contributed by atoms with Gasteiger partial charge in [-0.3, -0.25) is 19.4 Å². The molecule has 1 fully saturated rings. The molecule has 0 spiro atoms. The predicted octanol–water partition coefficient (Wildman–Crippen LogP) is 4.63. The molecule has 2 aromatic carbocycles. The number of ketones is 1. The van der Waals surface area contributed by atoms with Crippen LogP contribution in [0.3, 0.4) is 0 Å². The second-order valence-electron chi connectivity index (χ2n) is 10.4. The number of hydrogen-bond donors (Lipinski definition) is 3. The summed E-state index contributed by atoms with van der Waals surface area (Å²) in [5.74, 6) is -4.56. The van der Waals surface area contributed by atoms with Gasteiger partial charge < -0.3 is 15.7 Å². The maximum absolute atomic E-state index is 13.8. The van der Waals surface area contributed by atoms with Crippen molar-refractivity contribution in [3.63, 3.8) is 0 Å². The van der Waals surface area contributed by atoms with Crippen molar-refractivity contribution in [2.45, 2.75) is 52.6 Å². The van der Waals surface area contributed by atoms with E-state index in [2.05, 4.69) is 15.6 Å². The molecule has 3 N–H and O–H groups in total. The van der Waals surface area contributed by atoms with Crippen LogP contribution in [-0.2, 0) is 14.4 Å². The quantitative estimate of drug-likeness (QED) is 0.444. The van der Waals surface area contributed by atoms with Gasteiger partial charge >= 0.3 is 0 Å². The molecule has 0 unspecified atom stereocenters. The van der Waals surface area contributed by atoms with Gasteiger partial charge in [-0.15, -0.1) is 0 Å². The van der Waals surface area contributed by atoms with E-state index in [0.717, 1.165) is 22.3 Å². The molecule has 1 aliphatic rings. The van der Waals surface area contributed by atoms with Gasteiger partial charge in [0.1, 0.15) is 11.7 Å². The highest BCUT2D eigenvalue weighted by molar-refractivity contribution is 6.10. The molecule has 0 aliphatic heterocycles. The van der Waals surface area contributed by atoms with Crippen molar-refractivity contribution in [1.82, 2.24) is 4.98 Å². The molecule has 0 saturated heterocycles. The number of anilines is 2. The molecule has 4 rings (SSSR count). The highest BCUT2D eigenvalue weighted by Crippen LogP contribution is 2.46. The van der Waals surface area contributed by atoms with Crippen molar-refractivity contribution >= 4 is 29.0 Å². The Morgan fingerprint density at radius 1 is 0.919 bits per heavy atom. The average molecular weight is 500 g/mol. The van der Waals surface area contributed by atoms with Gasteiger partial charge in [0.25, 0.3) is 0 Å². The average Bonchev–Trinajstić information content (AvgIpc) is 2.82. The van der Waals surface area contributed by atoms with Gasteiger partial charge in [0.05, 0.1) is 11.5 Å². The van der Waals surface area contributed by atoms with Gasteiger partial charge in [-0.05, 0) is 69.5 Å². The topological polar surface area (TPSA) is 108 Å². The monoisotopic (exact) mass is 499 g/mol. The third-order valence-corrected chi connectivity index (χ3v) is 7.18. The number of Topliss-reactive ketones (excluding diaryl/α,β-unsaturated/α-hetero) is 1. The number of carbonyl (C=O) groups excluding carboxylic acids is 3. The number of amides is 2. The van der Waals surface area contributed by atoms with Crippen molar-refractivity contribution in [2.75, 3.05) is 10.6 Å². The number of benzene rings is 2. The van der Waals surface area contributed by atoms with E-state index in [9.17, 15) is 19.5 Å². The summed E-state index contributed by atoms with van der Waals surface area (Å²) < 4.78 is 0. The molecule has 192 valence electrons. The zero-order valence-corrected chi connectivity index (χ0v) is 21.8. The fraction of sp³-hybridized carbons (Fsp3) is 0.333. The summed E-state index contributed by atoms with van der Waals surface area (Å²) in [6, 6.07) is 14.7. The lowest BCUT2D eigenvalue weighted by Crippen LogP contribution is -2.56. The van der Waals surface area contributed by atoms with Crippen molar-refractivity contribution in [3.05, 3.63) is 88.7 Å². The Morgan fingerprint density at radius 3 is 2.00 bits per heavy atom. The van der Waals surface area contributed by atoms with E-state index in [0.29, 0.717) is 16.9 Å². The second-order valence-corrected chi connectivity index (χ2v) is 10.4. The van der Waals surface area contributed by atoms with Gasteiger partial charge in [-0.2, -0.15) is 0 Å². The van der Waals surface area contributed by atoms with Crippen LogP contribution in [0.2, 0.25) is 0 Å². The molecule has 1 heterocycles. The van der Waals surface area contributed by atoms with Crippen molar-refractivity contribution in [3.8, 4) is 0 Å². The number of nitrogens with zero attached hydrogens (tertiary/aromatic N) is 1. The van der Waals surface area contributed by atoms with Crippen LogP contribution in [0.1, 0.15) is 47.1 Å². The largest absolute Gasteiger partial charge is 0.389 e. The zero-order chi connectivity index (χ0) is 26.9. The number of aryl methyl sites for hydroxylation is 4. The Labute approximate surface area is 217 Å². The number of aliphatic hydroxyl groups is 1. The summed E-state index contributed by atoms with van der Waals surface area (Å²) in [6.07, 6.45) is 2.82. The van der Waals surface area contributed by atoms with E-state index in [-0.39, 0.29) is 6.42 Å². The van der Waals surface area contributed by atoms with Crippen molar-refractivity contribution in [2.24, 2.45) is 11.8 Å². The maximum atomic E-state index is 13.8. The van der Waals surface area contributed by atoms with Crippen molar-refractivity contribution in [1.29, 1.82) is 0 Å². The van der Waals surface area contributed by atoms with Crippen LogP contribution in [0.4, 0.5) is 11.4 Å². The molecule has 7 nitrogen and oxygen atoms in total. The lowest BCUT2D eigenvalue weighted by molar-refractivity contribution is -0.150. The highest BCUT2D eigenvalue weighted by Gasteiger charge is 2.56. The van der Waals surface area contributed by atoms with E-state index >= 15 is 0 Å². The molecule has 3 aromatic rings. The molecule has 1 aromatic heterocycles. The lowest BCUT2D eigenvalue weighted by atomic mass is 9.61. The summed E-state index contributed by atoms with van der Waals surface area (Å²) in [6.45, 7) is 9.19. The number of aromatic nitrogens is 1. The number of pyridine rings is 1. The van der Waals surface area contributed by atoms with Crippen LogP contribution in [-0.4, -0.2) is 33.3 Å². The van der Waals surface area contributed by atoms with Crippen LogP contribution in [0.15, 0.2) is 60.9 Å². The fourth-order valence-electron chi connectivity index (χ4n) is 5.39. The first kappa shape index (κ1) is 26.2. The number of hydrogen-bond acceptors (Lipinski definition) is 5. The molecule has 1 aliphatic carbocycles. The predicted molar refractivity (Wildman–Crippen MR) is 143 cm³/mol. The van der Waals surface area contributed by atoms with Gasteiger partial charge in [0.2, 0.25) is 11.8 Å². The summed E-state index contributed by atoms with van der Waals surface area (Å²) in [4.78, 5) is 45.0. The van der Waals surface area contributed by atoms with E-state index in [4.69, 9.17) is 0 Å². The number of carbonyl (C=O) groups is 3. The Bertz CT molecular complexity index is 1350. The second kappa shape index (κ2) is 10.3. The van der Waals surface area contributed by atoms with E-state index < -0.39 is 41.0 Å². The Hall–Kier alpha value is -3.84. The maximum Gasteiger partial charge on any atom is 0.235 e. The molecule has 1 saturated carbocycles. The first-order valence-electron chi connectivity index (χ1n) is 12.4. The van der Waals surface area contributed by atoms with Crippen LogP contribution in [0, 0.1) is 39.5 Å². The Balaban J connectivity index is 1.75. The third-order valence-electron chi connectivity index (χ3n) is 7.18. The van der Waals surface area contributed by atoms with Gasteiger partial charge in [0.15, 0.2) is 0 Å². The smallest absolute Gasteiger partial charge is 0.235 e. The minimum atomic E-state index is -1.67. The van der Waals surface area contributed by atoms with E-state index in [1.165, 1.54) is 6.92 Å². The Morgan fingerprint density at radius 2 is 1.49 bits per heavy atom. The highest BCUT2D eigenvalue weighted by atomic mass is 16.3. The molecule has 7 heteroatoms. The van der Waals surface area contributed by atoms with Crippen molar-refractivity contribution < 1.29 is 19.5 Å². The van der Waals surface area contributed by atoms with Crippen LogP contribution < -0.4 is 10.6 Å². The van der Waals surface area contributed by atoms with E-state index in [1.54, 1.807) is 30.6 Å².